The molecule has 1 aromatic carbocycles. The van der Waals surface area contributed by atoms with E-state index in [2.05, 4.69) is 4.98 Å². The first kappa shape index (κ1) is 19.9. The normalized spacial score (nSPS) is 19.5. The molecule has 5 nitrogen and oxygen atoms in total. The largest absolute Gasteiger partial charge is 0.416 e. The molecule has 1 aliphatic heterocycles. The van der Waals surface area contributed by atoms with Gasteiger partial charge in [0, 0.05) is 38.0 Å². The van der Waals surface area contributed by atoms with Gasteiger partial charge in [0.1, 0.15) is 5.82 Å². The number of rotatable bonds is 7. The smallest absolute Gasteiger partial charge is 0.376 e. The maximum atomic E-state index is 13.3. The van der Waals surface area contributed by atoms with Gasteiger partial charge in [-0.2, -0.15) is 13.2 Å². The predicted octanol–water partition coefficient (Wildman–Crippen LogP) is 3.87. The Morgan fingerprint density at radius 1 is 1.24 bits per heavy atom. The average molecular weight is 407 g/mol. The van der Waals surface area contributed by atoms with E-state index in [1.807, 2.05) is 0 Å². The van der Waals surface area contributed by atoms with Crippen LogP contribution >= 0.6 is 0 Å². The van der Waals surface area contributed by atoms with Crippen molar-refractivity contribution in [3.05, 3.63) is 53.6 Å². The number of carbonyl (C=O) groups is 1. The van der Waals surface area contributed by atoms with Crippen LogP contribution in [0, 0.1) is 5.92 Å². The highest BCUT2D eigenvalue weighted by Gasteiger charge is 2.36. The number of carbonyl (C=O) groups excluding carboxylic acids is 1. The van der Waals surface area contributed by atoms with Crippen LogP contribution in [0.1, 0.15) is 42.6 Å². The molecule has 156 valence electrons. The molecular weight excluding hydrogens is 383 g/mol. The Morgan fingerprint density at radius 2 is 2.03 bits per heavy atom. The van der Waals surface area contributed by atoms with E-state index in [4.69, 9.17) is 4.74 Å². The van der Waals surface area contributed by atoms with Gasteiger partial charge in [0.05, 0.1) is 18.2 Å². The number of nitrogens with zero attached hydrogens (tertiary/aromatic N) is 3. The molecule has 0 bridgehead atoms. The van der Waals surface area contributed by atoms with Gasteiger partial charge >= 0.3 is 6.18 Å². The Kier molecular flexibility index (Phi) is 5.63. The maximum Gasteiger partial charge on any atom is 0.416 e. The van der Waals surface area contributed by atoms with Crippen molar-refractivity contribution in [3.63, 3.8) is 0 Å². The number of aromatic nitrogens is 2. The summed E-state index contributed by atoms with van der Waals surface area (Å²) >= 11 is 0. The first-order valence-electron chi connectivity index (χ1n) is 9.97. The molecule has 1 aliphatic carbocycles. The van der Waals surface area contributed by atoms with Crippen LogP contribution in [-0.4, -0.2) is 39.6 Å². The van der Waals surface area contributed by atoms with Gasteiger partial charge in [0.15, 0.2) is 0 Å². The lowest BCUT2D eigenvalue weighted by atomic mass is 10.1. The van der Waals surface area contributed by atoms with Crippen LogP contribution in [0.3, 0.4) is 0 Å². The molecule has 1 aromatic heterocycles. The van der Waals surface area contributed by atoms with Gasteiger partial charge in [0.2, 0.25) is 5.91 Å². The number of amides is 1. The van der Waals surface area contributed by atoms with Crippen molar-refractivity contribution in [1.82, 2.24) is 14.5 Å². The van der Waals surface area contributed by atoms with E-state index >= 15 is 0 Å². The fourth-order valence-electron chi connectivity index (χ4n) is 3.78. The molecule has 4 rings (SSSR count). The van der Waals surface area contributed by atoms with Crippen molar-refractivity contribution >= 4 is 5.91 Å². The zero-order valence-electron chi connectivity index (χ0n) is 16.1. The minimum absolute atomic E-state index is 0.0204. The Bertz CT molecular complexity index is 855. The number of alkyl halides is 3. The number of hydrogen-bond donors (Lipinski definition) is 0. The van der Waals surface area contributed by atoms with Crippen molar-refractivity contribution in [2.45, 2.75) is 51.1 Å². The van der Waals surface area contributed by atoms with E-state index < -0.39 is 11.7 Å². The molecule has 2 heterocycles. The van der Waals surface area contributed by atoms with E-state index in [9.17, 15) is 18.0 Å². The molecule has 0 radical (unpaired) electrons. The molecule has 1 atom stereocenters. The molecule has 8 heteroatoms. The fourth-order valence-corrected chi connectivity index (χ4v) is 3.78. The number of benzene rings is 1. The Morgan fingerprint density at radius 3 is 2.72 bits per heavy atom. The van der Waals surface area contributed by atoms with E-state index in [-0.39, 0.29) is 36.6 Å². The molecule has 2 aromatic rings. The quantitative estimate of drug-likeness (QED) is 0.700. The fraction of sp³-hybridized carbons (Fsp3) is 0.524. The zero-order valence-corrected chi connectivity index (χ0v) is 16.1. The Hall–Kier alpha value is -2.35. The molecule has 0 spiro atoms. The number of hydrogen-bond acceptors (Lipinski definition) is 3. The summed E-state index contributed by atoms with van der Waals surface area (Å²) in [7, 11) is 0. The summed E-state index contributed by atoms with van der Waals surface area (Å²) in [6, 6.07) is 5.55. The summed E-state index contributed by atoms with van der Waals surface area (Å²) < 4.78 is 47.3. The van der Waals surface area contributed by atoms with Crippen LogP contribution in [0.2, 0.25) is 0 Å². The Balaban J connectivity index is 1.52. The number of imidazole rings is 1. The van der Waals surface area contributed by atoms with E-state index in [1.165, 1.54) is 12.1 Å². The maximum absolute atomic E-state index is 13.3. The second-order valence-corrected chi connectivity index (χ2v) is 7.75. The van der Waals surface area contributed by atoms with Gasteiger partial charge in [-0.25, -0.2) is 4.98 Å². The van der Waals surface area contributed by atoms with Gasteiger partial charge in [-0.1, -0.05) is 18.2 Å². The average Bonchev–Trinajstić information content (AvgIpc) is 3.24. The van der Waals surface area contributed by atoms with Crippen LogP contribution in [0.15, 0.2) is 36.7 Å². The first-order chi connectivity index (χ1) is 13.9. The number of halogens is 3. The van der Waals surface area contributed by atoms with Gasteiger partial charge < -0.3 is 14.2 Å². The number of ether oxygens (including phenoxy) is 1. The topological polar surface area (TPSA) is 47.4 Å². The summed E-state index contributed by atoms with van der Waals surface area (Å²) in [6.07, 6.45) is 2.53. The molecule has 1 saturated carbocycles. The molecule has 0 N–H and O–H groups in total. The molecule has 2 aliphatic rings. The summed E-state index contributed by atoms with van der Waals surface area (Å²) in [5, 5.41) is 0. The van der Waals surface area contributed by atoms with Gasteiger partial charge in [-0.3, -0.25) is 4.79 Å². The molecule has 2 fully saturated rings. The second kappa shape index (κ2) is 8.18. The zero-order chi connectivity index (χ0) is 20.4. The van der Waals surface area contributed by atoms with Crippen molar-refractivity contribution < 1.29 is 22.7 Å². The van der Waals surface area contributed by atoms with Crippen molar-refractivity contribution in [3.8, 4) is 0 Å². The highest BCUT2D eigenvalue weighted by Crippen LogP contribution is 2.33. The van der Waals surface area contributed by atoms with Gasteiger partial charge in [-0.05, 0) is 37.3 Å². The third kappa shape index (κ3) is 4.80. The Labute approximate surface area is 167 Å². The van der Waals surface area contributed by atoms with Gasteiger partial charge in [-0.15, -0.1) is 0 Å². The summed E-state index contributed by atoms with van der Waals surface area (Å²) in [6.45, 7) is 1.53. The molecule has 1 saturated heterocycles. The lowest BCUT2D eigenvalue weighted by Crippen LogP contribution is -2.38. The standard InChI is InChI=1S/C21H24F3N3O2/c22-21(23,24)18-6-2-1-4-16(18)12-26-10-9-25-19(26)14-27(20(28)15-7-8-15)13-17-5-3-11-29-17/h1-2,4,6,9-10,15,17H,3,5,7-8,11-14H2. The molecule has 29 heavy (non-hydrogen) atoms. The van der Waals surface area contributed by atoms with E-state index in [0.29, 0.717) is 19.0 Å². The monoisotopic (exact) mass is 407 g/mol. The molecule has 1 amide bonds. The molecule has 1 unspecified atom stereocenters. The van der Waals surface area contributed by atoms with Crippen molar-refractivity contribution in [2.24, 2.45) is 5.92 Å². The third-order valence-corrected chi connectivity index (χ3v) is 5.48. The van der Waals surface area contributed by atoms with Crippen molar-refractivity contribution in [2.75, 3.05) is 13.2 Å². The van der Waals surface area contributed by atoms with E-state index in [0.717, 1.165) is 31.7 Å². The minimum atomic E-state index is -4.41. The highest BCUT2D eigenvalue weighted by molar-refractivity contribution is 5.81. The molecular formula is C21H24F3N3O2. The van der Waals surface area contributed by atoms with Crippen molar-refractivity contribution in [1.29, 1.82) is 0 Å². The van der Waals surface area contributed by atoms with Crippen LogP contribution in [0.5, 0.6) is 0 Å². The summed E-state index contributed by atoms with van der Waals surface area (Å²) in [5.41, 5.74) is -0.469. The predicted molar refractivity (Wildman–Crippen MR) is 99.9 cm³/mol. The van der Waals surface area contributed by atoms with Gasteiger partial charge in [0.25, 0.3) is 0 Å². The highest BCUT2D eigenvalue weighted by atomic mass is 19.4. The SMILES string of the molecule is O=C(C1CC1)N(Cc1nccn1Cc1ccccc1C(F)(F)F)CC1CCCO1. The van der Waals surface area contributed by atoms with Crippen LogP contribution < -0.4 is 0 Å². The van der Waals surface area contributed by atoms with Crippen LogP contribution in [0.25, 0.3) is 0 Å². The van der Waals surface area contributed by atoms with Crippen LogP contribution in [-0.2, 0) is 28.8 Å². The summed E-state index contributed by atoms with van der Waals surface area (Å²) in [5.74, 6) is 0.727. The van der Waals surface area contributed by atoms with Crippen LogP contribution in [0.4, 0.5) is 13.2 Å². The summed E-state index contributed by atoms with van der Waals surface area (Å²) in [4.78, 5) is 18.9. The third-order valence-electron chi connectivity index (χ3n) is 5.48. The van der Waals surface area contributed by atoms with E-state index in [1.54, 1.807) is 27.9 Å². The lowest BCUT2D eigenvalue weighted by Gasteiger charge is -2.26. The minimum Gasteiger partial charge on any atom is -0.376 e. The second-order valence-electron chi connectivity index (χ2n) is 7.75. The first-order valence-corrected chi connectivity index (χ1v) is 9.97. The lowest BCUT2D eigenvalue weighted by molar-refractivity contribution is -0.138.